The van der Waals surface area contributed by atoms with E-state index < -0.39 is 24.0 Å². The van der Waals surface area contributed by atoms with Crippen LogP contribution in [0, 0.1) is 29.1 Å². The normalized spacial score (nSPS) is 20.2. The van der Waals surface area contributed by atoms with Crippen molar-refractivity contribution in [1.29, 1.82) is 0 Å². The van der Waals surface area contributed by atoms with Gasteiger partial charge in [0.1, 0.15) is 10.9 Å². The number of nitrogens with zero attached hydrogens (tertiary/aromatic N) is 2. The van der Waals surface area contributed by atoms with Gasteiger partial charge in [0.15, 0.2) is 0 Å². The molecule has 0 spiro atoms. The SMILES string of the molecule is CC1CCC(C(=O)N(c2cc(C#CC(C)(C)C)sc2C(=O)O)[C@H](C(=O)N(C)C)[C@H](C)O)CC1. The zero-order chi connectivity index (χ0) is 25.1. The van der Waals surface area contributed by atoms with Crippen LogP contribution in [-0.4, -0.2) is 59.1 Å². The largest absolute Gasteiger partial charge is 0.477 e. The van der Waals surface area contributed by atoms with E-state index in [4.69, 9.17) is 0 Å². The third-order valence-corrected chi connectivity index (χ3v) is 6.79. The molecule has 2 amide bonds. The van der Waals surface area contributed by atoms with Gasteiger partial charge in [-0.2, -0.15) is 0 Å². The summed E-state index contributed by atoms with van der Waals surface area (Å²) in [5.74, 6) is 4.30. The number of hydrogen-bond donors (Lipinski definition) is 2. The molecule has 2 rings (SSSR count). The number of carbonyl (C=O) groups is 3. The molecule has 0 aliphatic heterocycles. The minimum absolute atomic E-state index is 0.0667. The molecule has 0 radical (unpaired) electrons. The number of thiophene rings is 1. The van der Waals surface area contributed by atoms with E-state index in [1.54, 1.807) is 20.2 Å². The van der Waals surface area contributed by atoms with Crippen LogP contribution in [0.5, 0.6) is 0 Å². The Morgan fingerprint density at radius 1 is 1.15 bits per heavy atom. The van der Waals surface area contributed by atoms with Gasteiger partial charge in [0.05, 0.1) is 16.7 Å². The second-order valence-corrected chi connectivity index (χ2v) is 11.3. The van der Waals surface area contributed by atoms with Crippen LogP contribution < -0.4 is 4.90 Å². The van der Waals surface area contributed by atoms with Gasteiger partial charge in [-0.15, -0.1) is 11.3 Å². The maximum Gasteiger partial charge on any atom is 0.348 e. The van der Waals surface area contributed by atoms with Crippen molar-refractivity contribution in [2.45, 2.75) is 72.4 Å². The Bertz CT molecular complexity index is 940. The van der Waals surface area contributed by atoms with Crippen LogP contribution in [0.4, 0.5) is 5.69 Å². The predicted octanol–water partition coefficient (Wildman–Crippen LogP) is 3.84. The second kappa shape index (κ2) is 10.7. The maximum absolute atomic E-state index is 13.8. The molecule has 0 unspecified atom stereocenters. The van der Waals surface area contributed by atoms with Crippen molar-refractivity contribution in [3.63, 3.8) is 0 Å². The number of amides is 2. The van der Waals surface area contributed by atoms with Crippen LogP contribution in [0.3, 0.4) is 0 Å². The van der Waals surface area contributed by atoms with Gasteiger partial charge in [0.25, 0.3) is 0 Å². The fraction of sp³-hybridized carbons (Fsp3) is 0.640. The monoisotopic (exact) mass is 476 g/mol. The number of carboxylic acid groups (broad SMARTS) is 1. The van der Waals surface area contributed by atoms with Crippen LogP contribution in [0.2, 0.25) is 0 Å². The van der Waals surface area contributed by atoms with Crippen molar-refractivity contribution in [3.05, 3.63) is 15.8 Å². The lowest BCUT2D eigenvalue weighted by Gasteiger charge is -2.37. The summed E-state index contributed by atoms with van der Waals surface area (Å²) in [4.78, 5) is 42.0. The van der Waals surface area contributed by atoms with Crippen LogP contribution in [0.25, 0.3) is 0 Å². The molecule has 1 aliphatic carbocycles. The highest BCUT2D eigenvalue weighted by Crippen LogP contribution is 2.37. The van der Waals surface area contributed by atoms with Gasteiger partial charge in [-0.1, -0.05) is 18.8 Å². The Balaban J connectivity index is 2.66. The standard InChI is InChI=1S/C25H36N2O5S/c1-15-8-10-17(11-9-15)22(29)27(20(16(2)28)23(30)26(6)7)19-14-18(12-13-25(3,4)5)33-21(19)24(31)32/h14-17,20,28H,8-11H2,1-7H3,(H,31,32)/t15?,16-,17?,20-/m0/s1. The molecule has 8 heteroatoms. The molecule has 0 aromatic carbocycles. The zero-order valence-electron chi connectivity index (χ0n) is 20.6. The van der Waals surface area contributed by atoms with Gasteiger partial charge < -0.3 is 15.1 Å². The average Bonchev–Trinajstić information content (AvgIpc) is 3.13. The number of hydrogen-bond acceptors (Lipinski definition) is 5. The van der Waals surface area contributed by atoms with Gasteiger partial charge in [0, 0.05) is 25.4 Å². The molecule has 1 aromatic heterocycles. The number of likely N-dealkylation sites (N-methyl/N-ethyl adjacent to an activating group) is 1. The Morgan fingerprint density at radius 2 is 1.73 bits per heavy atom. The predicted molar refractivity (Wildman–Crippen MR) is 130 cm³/mol. The first-order chi connectivity index (χ1) is 15.2. The van der Waals surface area contributed by atoms with Crippen molar-refractivity contribution in [2.75, 3.05) is 19.0 Å². The van der Waals surface area contributed by atoms with Crippen LogP contribution in [-0.2, 0) is 9.59 Å². The summed E-state index contributed by atoms with van der Waals surface area (Å²) >= 11 is 0.977. The summed E-state index contributed by atoms with van der Waals surface area (Å²) in [7, 11) is 3.10. The highest BCUT2D eigenvalue weighted by Gasteiger charge is 2.41. The summed E-state index contributed by atoms with van der Waals surface area (Å²) in [6.07, 6.45) is 1.92. The molecular weight excluding hydrogens is 440 g/mol. The van der Waals surface area contributed by atoms with E-state index in [1.807, 2.05) is 20.8 Å². The zero-order valence-corrected chi connectivity index (χ0v) is 21.5. The molecule has 1 aromatic rings. The highest BCUT2D eigenvalue weighted by molar-refractivity contribution is 7.15. The van der Waals surface area contributed by atoms with Crippen LogP contribution in [0.1, 0.15) is 74.9 Å². The van der Waals surface area contributed by atoms with E-state index in [-0.39, 0.29) is 27.8 Å². The summed E-state index contributed by atoms with van der Waals surface area (Å²) in [5.41, 5.74) is -0.166. The lowest BCUT2D eigenvalue weighted by molar-refractivity contribution is -0.136. The lowest BCUT2D eigenvalue weighted by Crippen LogP contribution is -2.56. The van der Waals surface area contributed by atoms with Gasteiger partial charge in [0.2, 0.25) is 11.8 Å². The number of aliphatic hydroxyl groups is 1. The molecule has 182 valence electrons. The minimum atomic E-state index is -1.23. The van der Waals surface area contributed by atoms with Crippen LogP contribution in [0.15, 0.2) is 6.07 Å². The van der Waals surface area contributed by atoms with Crippen molar-refractivity contribution >= 4 is 34.8 Å². The number of carbonyl (C=O) groups excluding carboxylic acids is 2. The van der Waals surface area contributed by atoms with Crippen LogP contribution >= 0.6 is 11.3 Å². The van der Waals surface area contributed by atoms with Gasteiger partial charge in [-0.05, 0) is 65.4 Å². The number of anilines is 1. The van der Waals surface area contributed by atoms with Crippen molar-refractivity contribution in [2.24, 2.45) is 17.3 Å². The molecule has 1 saturated carbocycles. The number of carboxylic acids is 1. The topological polar surface area (TPSA) is 98.2 Å². The summed E-state index contributed by atoms with van der Waals surface area (Å²) in [6, 6.07) is 0.331. The molecule has 33 heavy (non-hydrogen) atoms. The number of rotatable bonds is 6. The van der Waals surface area contributed by atoms with E-state index in [9.17, 15) is 24.6 Å². The molecule has 1 heterocycles. The summed E-state index contributed by atoms with van der Waals surface area (Å²) < 4.78 is 0. The van der Waals surface area contributed by atoms with E-state index in [0.29, 0.717) is 23.6 Å². The second-order valence-electron chi connectivity index (χ2n) is 10.2. The van der Waals surface area contributed by atoms with Crippen molar-refractivity contribution < 1.29 is 24.6 Å². The Morgan fingerprint density at radius 3 is 2.18 bits per heavy atom. The molecule has 2 atom stereocenters. The molecule has 7 nitrogen and oxygen atoms in total. The van der Waals surface area contributed by atoms with E-state index in [0.717, 1.165) is 24.2 Å². The molecule has 1 fully saturated rings. The third-order valence-electron chi connectivity index (χ3n) is 5.76. The molecular formula is C25H36N2O5S. The average molecular weight is 477 g/mol. The van der Waals surface area contributed by atoms with Gasteiger partial charge in [-0.3, -0.25) is 14.5 Å². The fourth-order valence-corrected chi connectivity index (χ4v) is 4.77. The van der Waals surface area contributed by atoms with Gasteiger partial charge >= 0.3 is 5.97 Å². The Labute approximate surface area is 200 Å². The molecule has 2 N–H and O–H groups in total. The Hall–Kier alpha value is -2.37. The molecule has 1 aliphatic rings. The number of aromatic carboxylic acids is 1. The first kappa shape index (κ1) is 26.9. The van der Waals surface area contributed by atoms with E-state index in [2.05, 4.69) is 18.8 Å². The van der Waals surface area contributed by atoms with E-state index >= 15 is 0 Å². The Kier molecular flexibility index (Phi) is 8.72. The minimum Gasteiger partial charge on any atom is -0.477 e. The number of aliphatic hydroxyl groups excluding tert-OH is 1. The fourth-order valence-electron chi connectivity index (χ4n) is 3.93. The third kappa shape index (κ3) is 6.81. The van der Waals surface area contributed by atoms with E-state index in [1.165, 1.54) is 16.7 Å². The first-order valence-electron chi connectivity index (χ1n) is 11.4. The quantitative estimate of drug-likeness (QED) is 0.608. The highest BCUT2D eigenvalue weighted by atomic mass is 32.1. The molecule has 0 saturated heterocycles. The summed E-state index contributed by atoms with van der Waals surface area (Å²) in [6.45, 7) is 9.44. The van der Waals surface area contributed by atoms with Gasteiger partial charge in [-0.25, -0.2) is 4.79 Å². The maximum atomic E-state index is 13.8. The lowest BCUT2D eigenvalue weighted by atomic mass is 9.82. The first-order valence-corrected chi connectivity index (χ1v) is 12.2. The summed E-state index contributed by atoms with van der Waals surface area (Å²) in [5, 5.41) is 20.5. The molecule has 0 bridgehead atoms. The smallest absolute Gasteiger partial charge is 0.348 e. The van der Waals surface area contributed by atoms with Crippen molar-refractivity contribution in [3.8, 4) is 11.8 Å². The van der Waals surface area contributed by atoms with Crippen molar-refractivity contribution in [1.82, 2.24) is 4.90 Å².